The molecule has 0 saturated carbocycles. The largest absolute Gasteiger partial charge is 0.369 e. The summed E-state index contributed by atoms with van der Waals surface area (Å²) in [5, 5.41) is 7.63. The SMILES string of the molecule is Cn1cc(CNCc2cccc(CN3CCCC(C(N)=O)C3)c2)cn1. The zero-order valence-corrected chi connectivity index (χ0v) is 14.8. The van der Waals surface area contributed by atoms with Gasteiger partial charge in [-0.3, -0.25) is 14.4 Å². The molecule has 6 heteroatoms. The molecular weight excluding hydrogens is 314 g/mol. The van der Waals surface area contributed by atoms with E-state index in [1.807, 2.05) is 24.1 Å². The van der Waals surface area contributed by atoms with Crippen molar-refractivity contribution >= 4 is 5.91 Å². The molecule has 3 N–H and O–H groups in total. The van der Waals surface area contributed by atoms with Gasteiger partial charge in [-0.2, -0.15) is 5.10 Å². The van der Waals surface area contributed by atoms with E-state index in [4.69, 9.17) is 5.73 Å². The molecule has 2 heterocycles. The van der Waals surface area contributed by atoms with E-state index >= 15 is 0 Å². The van der Waals surface area contributed by atoms with Crippen molar-refractivity contribution in [3.63, 3.8) is 0 Å². The number of benzene rings is 1. The maximum atomic E-state index is 11.4. The van der Waals surface area contributed by atoms with Crippen molar-refractivity contribution in [3.8, 4) is 0 Å². The first-order valence-corrected chi connectivity index (χ1v) is 8.88. The van der Waals surface area contributed by atoms with Crippen LogP contribution in [0.25, 0.3) is 0 Å². The number of carbonyl (C=O) groups excluding carboxylic acids is 1. The lowest BCUT2D eigenvalue weighted by Gasteiger charge is -2.31. The Labute approximate surface area is 149 Å². The average Bonchev–Trinajstić information content (AvgIpc) is 3.01. The van der Waals surface area contributed by atoms with Gasteiger partial charge >= 0.3 is 0 Å². The second kappa shape index (κ2) is 8.27. The Bertz CT molecular complexity index is 711. The number of primary amides is 1. The molecule has 0 bridgehead atoms. The molecule has 1 aliphatic heterocycles. The van der Waals surface area contributed by atoms with Crippen molar-refractivity contribution < 1.29 is 4.79 Å². The maximum Gasteiger partial charge on any atom is 0.221 e. The summed E-state index contributed by atoms with van der Waals surface area (Å²) in [6.45, 7) is 4.32. The molecule has 1 unspecified atom stereocenters. The van der Waals surface area contributed by atoms with Crippen LogP contribution >= 0.6 is 0 Å². The number of aromatic nitrogens is 2. The highest BCUT2D eigenvalue weighted by molar-refractivity contribution is 5.76. The number of nitrogens with zero attached hydrogens (tertiary/aromatic N) is 3. The highest BCUT2D eigenvalue weighted by Gasteiger charge is 2.23. The summed E-state index contributed by atoms with van der Waals surface area (Å²) in [4.78, 5) is 13.8. The fourth-order valence-electron chi connectivity index (χ4n) is 3.44. The van der Waals surface area contributed by atoms with Crippen LogP contribution in [0.15, 0.2) is 36.7 Å². The Morgan fingerprint density at radius 3 is 2.88 bits per heavy atom. The van der Waals surface area contributed by atoms with Crippen LogP contribution in [-0.4, -0.2) is 33.7 Å². The third-order valence-corrected chi connectivity index (χ3v) is 4.72. The zero-order chi connectivity index (χ0) is 17.6. The first-order chi connectivity index (χ1) is 12.1. The molecule has 1 fully saturated rings. The number of amides is 1. The van der Waals surface area contributed by atoms with Crippen LogP contribution in [0.4, 0.5) is 0 Å². The smallest absolute Gasteiger partial charge is 0.221 e. The van der Waals surface area contributed by atoms with Crippen LogP contribution in [0.1, 0.15) is 29.5 Å². The molecule has 134 valence electrons. The van der Waals surface area contributed by atoms with Crippen molar-refractivity contribution in [1.29, 1.82) is 0 Å². The Kier molecular flexibility index (Phi) is 5.83. The molecule has 0 spiro atoms. The minimum Gasteiger partial charge on any atom is -0.369 e. The minimum absolute atomic E-state index is 0.00178. The van der Waals surface area contributed by atoms with E-state index in [0.29, 0.717) is 0 Å². The van der Waals surface area contributed by atoms with Gasteiger partial charge in [-0.05, 0) is 30.5 Å². The van der Waals surface area contributed by atoms with E-state index in [2.05, 4.69) is 39.6 Å². The van der Waals surface area contributed by atoms with Gasteiger partial charge in [0.15, 0.2) is 0 Å². The monoisotopic (exact) mass is 341 g/mol. The third kappa shape index (κ3) is 5.14. The Hall–Kier alpha value is -2.18. The number of rotatable bonds is 7. The molecule has 0 aliphatic carbocycles. The Morgan fingerprint density at radius 2 is 2.12 bits per heavy atom. The number of hydrogen-bond acceptors (Lipinski definition) is 4. The van der Waals surface area contributed by atoms with Gasteiger partial charge < -0.3 is 11.1 Å². The molecule has 1 aromatic carbocycles. The summed E-state index contributed by atoms with van der Waals surface area (Å²) < 4.78 is 1.82. The van der Waals surface area contributed by atoms with Crippen LogP contribution in [0.2, 0.25) is 0 Å². The van der Waals surface area contributed by atoms with Gasteiger partial charge in [-0.25, -0.2) is 0 Å². The van der Waals surface area contributed by atoms with E-state index < -0.39 is 0 Å². The van der Waals surface area contributed by atoms with E-state index in [1.165, 1.54) is 16.7 Å². The van der Waals surface area contributed by atoms with Crippen molar-refractivity contribution in [2.24, 2.45) is 18.7 Å². The summed E-state index contributed by atoms with van der Waals surface area (Å²) in [7, 11) is 1.93. The Morgan fingerprint density at radius 1 is 1.32 bits per heavy atom. The molecule has 3 rings (SSSR count). The lowest BCUT2D eigenvalue weighted by Crippen LogP contribution is -2.40. The average molecular weight is 341 g/mol. The van der Waals surface area contributed by atoms with E-state index in [1.54, 1.807) is 0 Å². The first-order valence-electron chi connectivity index (χ1n) is 8.88. The molecule has 1 saturated heterocycles. The first kappa shape index (κ1) is 17.6. The van der Waals surface area contributed by atoms with Gasteiger partial charge in [-0.15, -0.1) is 0 Å². The zero-order valence-electron chi connectivity index (χ0n) is 14.8. The fourth-order valence-corrected chi connectivity index (χ4v) is 3.44. The molecule has 1 aliphatic rings. The number of aryl methyl sites for hydroxylation is 1. The van der Waals surface area contributed by atoms with E-state index in [9.17, 15) is 4.79 Å². The van der Waals surface area contributed by atoms with Gasteiger partial charge in [0.2, 0.25) is 5.91 Å². The number of likely N-dealkylation sites (tertiary alicyclic amines) is 1. The second-order valence-electron chi connectivity index (χ2n) is 6.92. The summed E-state index contributed by atoms with van der Waals surface area (Å²) >= 11 is 0. The Balaban J connectivity index is 1.51. The molecule has 2 aromatic rings. The summed E-state index contributed by atoms with van der Waals surface area (Å²) in [5.74, 6) is -0.170. The normalized spacial score (nSPS) is 18.4. The van der Waals surface area contributed by atoms with Gasteiger partial charge in [-0.1, -0.05) is 24.3 Å². The van der Waals surface area contributed by atoms with Crippen LogP contribution in [0.3, 0.4) is 0 Å². The number of carbonyl (C=O) groups is 1. The third-order valence-electron chi connectivity index (χ3n) is 4.72. The van der Waals surface area contributed by atoms with E-state index in [-0.39, 0.29) is 11.8 Å². The van der Waals surface area contributed by atoms with Gasteiger partial charge in [0, 0.05) is 45.0 Å². The molecular formula is C19H27N5O. The molecule has 1 aromatic heterocycles. The van der Waals surface area contributed by atoms with Gasteiger partial charge in [0.1, 0.15) is 0 Å². The summed E-state index contributed by atoms with van der Waals surface area (Å²) in [5.41, 5.74) is 9.21. The molecule has 1 atom stereocenters. The number of piperidine rings is 1. The fraction of sp³-hybridized carbons (Fsp3) is 0.474. The van der Waals surface area contributed by atoms with Gasteiger partial charge in [0.25, 0.3) is 0 Å². The minimum atomic E-state index is -0.168. The van der Waals surface area contributed by atoms with Crippen molar-refractivity contribution in [2.75, 3.05) is 13.1 Å². The van der Waals surface area contributed by atoms with Crippen LogP contribution in [0, 0.1) is 5.92 Å². The molecule has 1 amide bonds. The van der Waals surface area contributed by atoms with Crippen molar-refractivity contribution in [2.45, 2.75) is 32.5 Å². The predicted molar refractivity (Wildman–Crippen MR) is 97.4 cm³/mol. The van der Waals surface area contributed by atoms with E-state index in [0.717, 1.165) is 45.6 Å². The standard InChI is InChI=1S/C19H27N5O/c1-23-12-17(11-22-23)10-21-9-15-4-2-5-16(8-15)13-24-7-3-6-18(14-24)19(20)25/h2,4-5,8,11-12,18,21H,3,6-7,9-10,13-14H2,1H3,(H2,20,25). The quantitative estimate of drug-likeness (QED) is 0.798. The molecule has 0 radical (unpaired) electrons. The number of nitrogens with two attached hydrogens (primary N) is 1. The van der Waals surface area contributed by atoms with Crippen molar-refractivity contribution in [3.05, 3.63) is 53.3 Å². The number of nitrogens with one attached hydrogen (secondary N) is 1. The lowest BCUT2D eigenvalue weighted by molar-refractivity contribution is -0.123. The maximum absolute atomic E-state index is 11.4. The van der Waals surface area contributed by atoms with Gasteiger partial charge in [0.05, 0.1) is 12.1 Å². The summed E-state index contributed by atoms with van der Waals surface area (Å²) in [6.07, 6.45) is 5.87. The second-order valence-corrected chi connectivity index (χ2v) is 6.92. The number of hydrogen-bond donors (Lipinski definition) is 2. The van der Waals surface area contributed by atoms with Crippen LogP contribution in [0.5, 0.6) is 0 Å². The lowest BCUT2D eigenvalue weighted by atomic mass is 9.97. The topological polar surface area (TPSA) is 76.2 Å². The predicted octanol–water partition coefficient (Wildman–Crippen LogP) is 1.41. The van der Waals surface area contributed by atoms with Crippen LogP contribution in [-0.2, 0) is 31.5 Å². The summed E-state index contributed by atoms with van der Waals surface area (Å²) in [6, 6.07) is 8.64. The van der Waals surface area contributed by atoms with Crippen molar-refractivity contribution in [1.82, 2.24) is 20.0 Å². The van der Waals surface area contributed by atoms with Crippen LogP contribution < -0.4 is 11.1 Å². The highest BCUT2D eigenvalue weighted by atomic mass is 16.1. The highest BCUT2D eigenvalue weighted by Crippen LogP contribution is 2.18. The molecule has 25 heavy (non-hydrogen) atoms. The molecule has 6 nitrogen and oxygen atoms in total.